The summed E-state index contributed by atoms with van der Waals surface area (Å²) in [7, 11) is 0. The van der Waals surface area contributed by atoms with Gasteiger partial charge in [0.2, 0.25) is 0 Å². The molecule has 0 spiro atoms. The van der Waals surface area contributed by atoms with E-state index in [4.69, 9.17) is 0 Å². The molecular weight excluding hydrogens is 416 g/mol. The third-order valence-corrected chi connectivity index (χ3v) is 4.04. The smallest absolute Gasteiger partial charge is 0.392 e. The van der Waals surface area contributed by atoms with E-state index in [1.165, 1.54) is 36.3 Å². The van der Waals surface area contributed by atoms with Crippen molar-refractivity contribution in [3.63, 3.8) is 0 Å². The third kappa shape index (κ3) is 4.70. The van der Waals surface area contributed by atoms with Crippen LogP contribution >= 0.6 is 0 Å². The molecule has 2 N–H and O–H groups in total. The summed E-state index contributed by atoms with van der Waals surface area (Å²) in [6.45, 7) is 1.62. The standard InChI is InChI=1S/C18H15F6N5O/c1-10(30)8-26-15-7-14(29-5-4-25-9-29)16(28-27-15)12-3-2-11(17(19,20)21)6-13(12)18(22,23)24/h2-7,9-10,30H,8H2,1H3,(H,26,27)/t10-/m1/s1. The van der Waals surface area contributed by atoms with Crippen molar-refractivity contribution in [2.45, 2.75) is 25.4 Å². The topological polar surface area (TPSA) is 75.9 Å². The Morgan fingerprint density at radius 2 is 1.80 bits per heavy atom. The highest BCUT2D eigenvalue weighted by Gasteiger charge is 2.39. The molecule has 30 heavy (non-hydrogen) atoms. The van der Waals surface area contributed by atoms with Gasteiger partial charge in [-0.05, 0) is 19.1 Å². The highest BCUT2D eigenvalue weighted by molar-refractivity contribution is 5.74. The van der Waals surface area contributed by atoms with Crippen LogP contribution in [0.25, 0.3) is 16.9 Å². The van der Waals surface area contributed by atoms with Crippen molar-refractivity contribution in [2.24, 2.45) is 0 Å². The fourth-order valence-corrected chi connectivity index (χ4v) is 2.67. The molecule has 0 saturated carbocycles. The van der Waals surface area contributed by atoms with Gasteiger partial charge in [-0.2, -0.15) is 26.3 Å². The molecule has 3 rings (SSSR count). The van der Waals surface area contributed by atoms with E-state index in [1.807, 2.05) is 0 Å². The van der Waals surface area contributed by atoms with Crippen LogP contribution in [0, 0.1) is 0 Å². The third-order valence-electron chi connectivity index (χ3n) is 4.04. The molecule has 2 heterocycles. The zero-order valence-corrected chi connectivity index (χ0v) is 15.3. The first-order valence-corrected chi connectivity index (χ1v) is 8.53. The lowest BCUT2D eigenvalue weighted by molar-refractivity contribution is -0.142. The number of hydrogen-bond acceptors (Lipinski definition) is 5. The summed E-state index contributed by atoms with van der Waals surface area (Å²) in [5.41, 5.74) is -3.64. The van der Waals surface area contributed by atoms with E-state index in [2.05, 4.69) is 20.5 Å². The number of aliphatic hydroxyl groups excluding tert-OH is 1. The van der Waals surface area contributed by atoms with Crippen molar-refractivity contribution in [1.29, 1.82) is 0 Å². The van der Waals surface area contributed by atoms with Gasteiger partial charge in [0, 0.05) is 30.6 Å². The van der Waals surface area contributed by atoms with Crippen molar-refractivity contribution in [1.82, 2.24) is 19.7 Å². The number of benzene rings is 1. The minimum Gasteiger partial charge on any atom is -0.392 e. The van der Waals surface area contributed by atoms with Crippen molar-refractivity contribution < 1.29 is 31.4 Å². The Hall–Kier alpha value is -3.15. The molecule has 3 aromatic rings. The number of anilines is 1. The van der Waals surface area contributed by atoms with Crippen LogP contribution in [-0.4, -0.2) is 37.5 Å². The van der Waals surface area contributed by atoms with E-state index < -0.39 is 35.1 Å². The number of aliphatic hydroxyl groups is 1. The Labute approximate surface area is 166 Å². The van der Waals surface area contributed by atoms with Crippen LogP contribution in [0.5, 0.6) is 0 Å². The monoisotopic (exact) mass is 431 g/mol. The number of halogens is 6. The normalized spacial score (nSPS) is 13.3. The van der Waals surface area contributed by atoms with Crippen LogP contribution in [0.3, 0.4) is 0 Å². The Bertz CT molecular complexity index is 1010. The van der Waals surface area contributed by atoms with Crippen molar-refractivity contribution in [3.05, 3.63) is 54.1 Å². The van der Waals surface area contributed by atoms with E-state index >= 15 is 0 Å². The predicted octanol–water partition coefficient (Wildman–Crippen LogP) is 4.16. The number of imidazole rings is 1. The summed E-state index contributed by atoms with van der Waals surface area (Å²) in [6, 6.07) is 2.70. The molecular formula is C18H15F6N5O. The van der Waals surface area contributed by atoms with Crippen molar-refractivity contribution in [3.8, 4) is 16.9 Å². The second kappa shape index (κ2) is 7.94. The number of nitrogens with zero attached hydrogens (tertiary/aromatic N) is 4. The molecule has 6 nitrogen and oxygen atoms in total. The number of alkyl halides is 6. The van der Waals surface area contributed by atoms with Crippen molar-refractivity contribution in [2.75, 3.05) is 11.9 Å². The molecule has 0 fully saturated rings. The Morgan fingerprint density at radius 3 is 2.37 bits per heavy atom. The van der Waals surface area contributed by atoms with E-state index in [-0.39, 0.29) is 29.8 Å². The largest absolute Gasteiger partial charge is 0.417 e. The van der Waals surface area contributed by atoms with Gasteiger partial charge < -0.3 is 15.0 Å². The van der Waals surface area contributed by atoms with E-state index in [0.717, 1.165) is 6.07 Å². The minimum atomic E-state index is -5.06. The molecule has 2 aromatic heterocycles. The first-order valence-electron chi connectivity index (χ1n) is 8.53. The van der Waals surface area contributed by atoms with Gasteiger partial charge in [0.05, 0.1) is 29.2 Å². The zero-order valence-electron chi connectivity index (χ0n) is 15.3. The van der Waals surface area contributed by atoms with Gasteiger partial charge in [-0.25, -0.2) is 4.98 Å². The minimum absolute atomic E-state index is 0.0499. The lowest BCUT2D eigenvalue weighted by Gasteiger charge is -2.18. The molecule has 0 unspecified atom stereocenters. The highest BCUT2D eigenvalue weighted by Crippen LogP contribution is 2.41. The van der Waals surface area contributed by atoms with Gasteiger partial charge >= 0.3 is 12.4 Å². The van der Waals surface area contributed by atoms with Gasteiger partial charge in [-0.3, -0.25) is 0 Å². The Balaban J connectivity index is 2.19. The molecule has 0 radical (unpaired) electrons. The predicted molar refractivity (Wildman–Crippen MR) is 94.8 cm³/mol. The highest BCUT2D eigenvalue weighted by atomic mass is 19.4. The average molecular weight is 431 g/mol. The van der Waals surface area contributed by atoms with Crippen LogP contribution in [0.15, 0.2) is 43.0 Å². The fraction of sp³-hybridized carbons (Fsp3) is 0.278. The van der Waals surface area contributed by atoms with Gasteiger partial charge in [0.15, 0.2) is 5.82 Å². The number of nitrogens with one attached hydrogen (secondary N) is 1. The van der Waals surface area contributed by atoms with E-state index in [9.17, 15) is 31.4 Å². The van der Waals surface area contributed by atoms with Gasteiger partial charge in [-0.1, -0.05) is 6.07 Å². The maximum absolute atomic E-state index is 13.6. The number of rotatable bonds is 5. The summed E-state index contributed by atoms with van der Waals surface area (Å²) in [5, 5.41) is 19.8. The molecule has 160 valence electrons. The van der Waals surface area contributed by atoms with Crippen LogP contribution in [-0.2, 0) is 12.4 Å². The molecule has 0 aliphatic carbocycles. The van der Waals surface area contributed by atoms with Crippen LogP contribution < -0.4 is 5.32 Å². The quantitative estimate of drug-likeness (QED) is 0.594. The SMILES string of the molecule is C[C@@H](O)CNc1cc(-n2ccnc2)c(-c2ccc(C(F)(F)F)cc2C(F)(F)F)nn1. The lowest BCUT2D eigenvalue weighted by atomic mass is 9.99. The van der Waals surface area contributed by atoms with E-state index in [0.29, 0.717) is 6.07 Å². The summed E-state index contributed by atoms with van der Waals surface area (Å²) in [6.07, 6.45) is -6.60. The first-order chi connectivity index (χ1) is 14.0. The lowest BCUT2D eigenvalue weighted by Crippen LogP contribution is -2.17. The van der Waals surface area contributed by atoms with Crippen molar-refractivity contribution >= 4 is 5.82 Å². The average Bonchev–Trinajstić information content (AvgIpc) is 3.19. The number of aromatic nitrogens is 4. The fourth-order valence-electron chi connectivity index (χ4n) is 2.67. The molecule has 1 aromatic carbocycles. The van der Waals surface area contributed by atoms with Crippen LogP contribution in [0.1, 0.15) is 18.1 Å². The zero-order chi connectivity index (χ0) is 22.1. The summed E-state index contributed by atoms with van der Waals surface area (Å²) >= 11 is 0. The summed E-state index contributed by atoms with van der Waals surface area (Å²) < 4.78 is 81.0. The van der Waals surface area contributed by atoms with Gasteiger partial charge in [0.1, 0.15) is 5.69 Å². The molecule has 0 bridgehead atoms. The first kappa shape index (κ1) is 21.6. The maximum Gasteiger partial charge on any atom is 0.417 e. The Kier molecular flexibility index (Phi) is 5.70. The second-order valence-electron chi connectivity index (χ2n) is 6.42. The van der Waals surface area contributed by atoms with Crippen LogP contribution in [0.4, 0.5) is 32.2 Å². The molecule has 0 saturated heterocycles. The Morgan fingerprint density at radius 1 is 1.07 bits per heavy atom. The molecule has 0 aliphatic heterocycles. The van der Waals surface area contributed by atoms with Crippen LogP contribution in [0.2, 0.25) is 0 Å². The second-order valence-corrected chi connectivity index (χ2v) is 6.42. The van der Waals surface area contributed by atoms with E-state index in [1.54, 1.807) is 0 Å². The van der Waals surface area contributed by atoms with Gasteiger partial charge in [-0.15, -0.1) is 10.2 Å². The molecule has 1 atom stereocenters. The summed E-state index contributed by atoms with van der Waals surface area (Å²) in [5.74, 6) is 0.156. The molecule has 12 heteroatoms. The van der Waals surface area contributed by atoms with Gasteiger partial charge in [0.25, 0.3) is 0 Å². The summed E-state index contributed by atoms with van der Waals surface area (Å²) in [4.78, 5) is 3.84. The number of hydrogen-bond donors (Lipinski definition) is 2. The molecule has 0 amide bonds. The molecule has 0 aliphatic rings. The maximum atomic E-state index is 13.6.